The van der Waals surface area contributed by atoms with Gasteiger partial charge in [-0.1, -0.05) is 42.0 Å². The Balaban J connectivity index is 1.33. The number of alkyl halides is 2. The van der Waals surface area contributed by atoms with Gasteiger partial charge in [0.2, 0.25) is 11.7 Å². The zero-order valence-corrected chi connectivity index (χ0v) is 21.8. The van der Waals surface area contributed by atoms with Gasteiger partial charge < -0.3 is 13.9 Å². The van der Waals surface area contributed by atoms with Gasteiger partial charge in [0.05, 0.1) is 12.0 Å². The van der Waals surface area contributed by atoms with Crippen molar-refractivity contribution < 1.29 is 22.8 Å². The Bertz CT molecular complexity index is 1450. The van der Waals surface area contributed by atoms with Crippen molar-refractivity contribution in [3.05, 3.63) is 94.6 Å². The number of para-hydroxylation sites is 1. The number of Topliss-reactive ketones (excluding diaryl/α,β-unsaturated/α-hetero) is 1. The number of furan rings is 1. The molecular formula is C31H32F2N2O3. The maximum atomic E-state index is 14.6. The molecule has 0 radical (unpaired) electrons. The van der Waals surface area contributed by atoms with Crippen LogP contribution in [0.3, 0.4) is 0 Å². The van der Waals surface area contributed by atoms with Crippen LogP contribution < -0.4 is 0 Å². The predicted molar refractivity (Wildman–Crippen MR) is 143 cm³/mol. The number of hydrogen-bond acceptors (Lipinski definition) is 3. The number of ketones is 1. The molecule has 5 rings (SSSR count). The summed E-state index contributed by atoms with van der Waals surface area (Å²) >= 11 is 0. The number of fused-ring (bicyclic) bond motifs is 1. The number of hydrogen-bond donors (Lipinski definition) is 0. The summed E-state index contributed by atoms with van der Waals surface area (Å²) in [5.41, 5.74) is 4.42. The highest BCUT2D eigenvalue weighted by Crippen LogP contribution is 2.35. The topological polar surface area (TPSA) is 55.5 Å². The van der Waals surface area contributed by atoms with Crippen LogP contribution >= 0.6 is 0 Å². The smallest absolute Gasteiger partial charge is 0.278 e. The lowest BCUT2D eigenvalue weighted by atomic mass is 9.91. The molecule has 2 aromatic carbocycles. The van der Waals surface area contributed by atoms with Crippen molar-refractivity contribution in [2.24, 2.45) is 5.92 Å². The van der Waals surface area contributed by atoms with Crippen molar-refractivity contribution in [1.29, 1.82) is 0 Å². The lowest BCUT2D eigenvalue weighted by molar-refractivity contribution is -0.132. The van der Waals surface area contributed by atoms with Gasteiger partial charge in [0.25, 0.3) is 6.43 Å². The molecular weight excluding hydrogens is 486 g/mol. The van der Waals surface area contributed by atoms with Crippen molar-refractivity contribution in [2.75, 3.05) is 13.1 Å². The van der Waals surface area contributed by atoms with Crippen LogP contribution in [0.4, 0.5) is 8.78 Å². The fraction of sp³-hybridized carbons (Fsp3) is 0.355. The molecule has 1 saturated heterocycles. The molecule has 7 heteroatoms. The van der Waals surface area contributed by atoms with Crippen LogP contribution in [0.25, 0.3) is 10.9 Å². The number of aryl methyl sites for hydroxylation is 3. The van der Waals surface area contributed by atoms with Gasteiger partial charge in [-0.2, -0.15) is 0 Å². The summed E-state index contributed by atoms with van der Waals surface area (Å²) in [6.45, 7) is 5.29. The molecule has 4 aromatic rings. The molecule has 0 unspecified atom stereocenters. The van der Waals surface area contributed by atoms with Crippen LogP contribution in [0.2, 0.25) is 0 Å². The standard InChI is InChI=1S/C31H32F2N2O3/c1-20-9-10-21(2)23(18-20)19-35-26-7-4-3-6-24(26)25(29(35)31(32)33)11-12-28(36)34-15-13-22(14-16-34)30(37)27-8-5-17-38-27/h3-10,17-18,22,31H,11-16,19H2,1-2H3. The van der Waals surface area contributed by atoms with E-state index in [-0.39, 0.29) is 36.1 Å². The van der Waals surface area contributed by atoms with Crippen molar-refractivity contribution in [3.63, 3.8) is 0 Å². The second kappa shape index (κ2) is 10.9. The molecule has 2 aromatic heterocycles. The van der Waals surface area contributed by atoms with Gasteiger partial charge in [0, 0.05) is 42.9 Å². The van der Waals surface area contributed by atoms with E-state index in [0.717, 1.165) is 27.6 Å². The van der Waals surface area contributed by atoms with E-state index in [1.165, 1.54) is 6.26 Å². The average molecular weight is 519 g/mol. The zero-order chi connectivity index (χ0) is 26.8. The number of piperidine rings is 1. The van der Waals surface area contributed by atoms with E-state index in [1.54, 1.807) is 21.6 Å². The minimum Gasteiger partial charge on any atom is -0.461 e. The Kier molecular flexibility index (Phi) is 7.45. The highest BCUT2D eigenvalue weighted by Gasteiger charge is 2.30. The van der Waals surface area contributed by atoms with E-state index in [1.807, 2.05) is 56.3 Å². The molecule has 3 heterocycles. The largest absolute Gasteiger partial charge is 0.461 e. The van der Waals surface area contributed by atoms with Gasteiger partial charge >= 0.3 is 0 Å². The number of amides is 1. The first-order valence-corrected chi connectivity index (χ1v) is 13.1. The summed E-state index contributed by atoms with van der Waals surface area (Å²) < 4.78 is 36.1. The van der Waals surface area contributed by atoms with Crippen LogP contribution in [0.5, 0.6) is 0 Å². The molecule has 0 aliphatic carbocycles. The third-order valence-electron chi connectivity index (χ3n) is 7.73. The monoisotopic (exact) mass is 518 g/mol. The lowest BCUT2D eigenvalue weighted by Crippen LogP contribution is -2.40. The van der Waals surface area contributed by atoms with Crippen LogP contribution in [0, 0.1) is 19.8 Å². The van der Waals surface area contributed by atoms with E-state index >= 15 is 0 Å². The Morgan fingerprint density at radius 1 is 1.03 bits per heavy atom. The third kappa shape index (κ3) is 5.15. The highest BCUT2D eigenvalue weighted by molar-refractivity contribution is 5.95. The summed E-state index contributed by atoms with van der Waals surface area (Å²) in [6.07, 6.45) is 0.350. The van der Waals surface area contributed by atoms with E-state index in [2.05, 4.69) is 0 Å². The Labute approximate surface area is 221 Å². The summed E-state index contributed by atoms with van der Waals surface area (Å²) in [6, 6.07) is 16.9. The van der Waals surface area contributed by atoms with Crippen LogP contribution in [-0.2, 0) is 17.8 Å². The normalized spacial score (nSPS) is 14.5. The number of rotatable bonds is 8. The molecule has 198 valence electrons. The van der Waals surface area contributed by atoms with E-state index in [4.69, 9.17) is 4.42 Å². The molecule has 0 N–H and O–H groups in total. The van der Waals surface area contributed by atoms with Crippen LogP contribution in [0.15, 0.2) is 65.3 Å². The fourth-order valence-electron chi connectivity index (χ4n) is 5.62. The minimum absolute atomic E-state index is 0.0114. The fourth-order valence-corrected chi connectivity index (χ4v) is 5.62. The van der Waals surface area contributed by atoms with Gasteiger partial charge in [0.1, 0.15) is 0 Å². The first-order valence-electron chi connectivity index (χ1n) is 13.1. The number of nitrogens with zero attached hydrogens (tertiary/aromatic N) is 2. The van der Waals surface area contributed by atoms with Crippen molar-refractivity contribution in [3.8, 4) is 0 Å². The molecule has 1 fully saturated rings. The van der Waals surface area contributed by atoms with E-state index in [9.17, 15) is 18.4 Å². The van der Waals surface area contributed by atoms with Crippen molar-refractivity contribution >= 4 is 22.6 Å². The number of aromatic nitrogens is 1. The van der Waals surface area contributed by atoms with Gasteiger partial charge in [-0.05, 0) is 68.0 Å². The number of likely N-dealkylation sites (tertiary alicyclic amines) is 1. The van der Waals surface area contributed by atoms with Crippen molar-refractivity contribution in [2.45, 2.75) is 52.5 Å². The first kappa shape index (κ1) is 25.9. The Hall–Kier alpha value is -3.74. The third-order valence-corrected chi connectivity index (χ3v) is 7.73. The molecule has 1 aliphatic rings. The molecule has 38 heavy (non-hydrogen) atoms. The summed E-state index contributed by atoms with van der Waals surface area (Å²) in [7, 11) is 0. The molecule has 0 bridgehead atoms. The number of benzene rings is 2. The van der Waals surface area contributed by atoms with Crippen LogP contribution in [-0.4, -0.2) is 34.2 Å². The lowest BCUT2D eigenvalue weighted by Gasteiger charge is -2.31. The Morgan fingerprint density at radius 3 is 2.50 bits per heavy atom. The van der Waals surface area contributed by atoms with Gasteiger partial charge in [-0.3, -0.25) is 9.59 Å². The molecule has 0 spiro atoms. The molecule has 1 amide bonds. The van der Waals surface area contributed by atoms with E-state index in [0.29, 0.717) is 43.8 Å². The summed E-state index contributed by atoms with van der Waals surface area (Å²) in [5.74, 6) is 0.0889. The summed E-state index contributed by atoms with van der Waals surface area (Å²) in [4.78, 5) is 27.4. The molecule has 0 atom stereocenters. The SMILES string of the molecule is Cc1ccc(C)c(Cn2c(C(F)F)c(CCC(=O)N3CCC(C(=O)c4ccco4)CC3)c3ccccc32)c1. The second-order valence-corrected chi connectivity index (χ2v) is 10.2. The number of halogens is 2. The molecule has 0 saturated carbocycles. The molecule has 1 aliphatic heterocycles. The Morgan fingerprint density at radius 2 is 1.79 bits per heavy atom. The highest BCUT2D eigenvalue weighted by atomic mass is 19.3. The maximum Gasteiger partial charge on any atom is 0.278 e. The van der Waals surface area contributed by atoms with Gasteiger partial charge in [0.15, 0.2) is 5.76 Å². The van der Waals surface area contributed by atoms with E-state index < -0.39 is 6.43 Å². The maximum absolute atomic E-state index is 14.6. The van der Waals surface area contributed by atoms with Gasteiger partial charge in [-0.25, -0.2) is 8.78 Å². The second-order valence-electron chi connectivity index (χ2n) is 10.2. The van der Waals surface area contributed by atoms with Crippen molar-refractivity contribution in [1.82, 2.24) is 9.47 Å². The minimum atomic E-state index is -2.67. The summed E-state index contributed by atoms with van der Waals surface area (Å²) in [5, 5.41) is 0.767. The van der Waals surface area contributed by atoms with Crippen LogP contribution in [0.1, 0.15) is 64.2 Å². The zero-order valence-electron chi connectivity index (χ0n) is 21.8. The number of carbonyl (C=O) groups is 2. The quantitative estimate of drug-likeness (QED) is 0.239. The predicted octanol–water partition coefficient (Wildman–Crippen LogP) is 6.89. The first-order chi connectivity index (χ1) is 18.3. The number of carbonyl (C=O) groups excluding carboxylic acids is 2. The van der Waals surface area contributed by atoms with Gasteiger partial charge in [-0.15, -0.1) is 0 Å². The average Bonchev–Trinajstić information content (AvgIpc) is 3.56. The molecule has 5 nitrogen and oxygen atoms in total.